The number of nitrogens with one attached hydrogen (secondary N) is 3. The highest BCUT2D eigenvalue weighted by Crippen LogP contribution is 2.48. The molecule has 0 unspecified atom stereocenters. The Morgan fingerprint density at radius 1 is 1.04 bits per heavy atom. The van der Waals surface area contributed by atoms with Gasteiger partial charge in [0.05, 0.1) is 19.1 Å². The van der Waals surface area contributed by atoms with Crippen molar-refractivity contribution in [3.63, 3.8) is 0 Å². The molecule has 2 aromatic rings. The Bertz CT molecular complexity index is 787. The van der Waals surface area contributed by atoms with E-state index in [0.717, 1.165) is 29.8 Å². The molecule has 0 heterocycles. The summed E-state index contributed by atoms with van der Waals surface area (Å²) in [5, 5.41) is 3.61. The maximum atomic E-state index is 12.5. The van der Waals surface area contributed by atoms with Gasteiger partial charge in [0.15, 0.2) is 0 Å². The maximum absolute atomic E-state index is 12.5. The van der Waals surface area contributed by atoms with Gasteiger partial charge >= 0.3 is 0 Å². The molecule has 0 bridgehead atoms. The van der Waals surface area contributed by atoms with Crippen LogP contribution in [0.15, 0.2) is 48.5 Å². The van der Waals surface area contributed by atoms with E-state index in [1.807, 2.05) is 24.3 Å². The Labute approximate surface area is 156 Å². The van der Waals surface area contributed by atoms with Gasteiger partial charge in [-0.3, -0.25) is 20.4 Å². The fraction of sp³-hybridized carbons (Fsp3) is 0.263. The fourth-order valence-electron chi connectivity index (χ4n) is 2.72. The first kappa shape index (κ1) is 18.1. The predicted molar refractivity (Wildman–Crippen MR) is 100 cm³/mol. The van der Waals surface area contributed by atoms with Crippen molar-refractivity contribution in [3.05, 3.63) is 59.1 Å². The first-order valence-electron chi connectivity index (χ1n) is 8.27. The quantitative estimate of drug-likeness (QED) is 0.680. The summed E-state index contributed by atoms with van der Waals surface area (Å²) in [4.78, 5) is 24.4. The van der Waals surface area contributed by atoms with Gasteiger partial charge < -0.3 is 10.1 Å². The fourth-order valence-corrected chi connectivity index (χ4v) is 2.85. The molecule has 7 heteroatoms. The van der Waals surface area contributed by atoms with Crippen molar-refractivity contribution in [3.8, 4) is 5.75 Å². The molecule has 0 radical (unpaired) electrons. The van der Waals surface area contributed by atoms with Crippen LogP contribution in [-0.2, 0) is 15.0 Å². The monoisotopic (exact) mass is 373 g/mol. The number of hydrogen-bond acceptors (Lipinski definition) is 4. The third kappa shape index (κ3) is 4.08. The Kier molecular flexibility index (Phi) is 5.32. The standard InChI is InChI=1S/C19H20ClN3O3/c1-26-16-8-6-15(7-9-16)21-12-17(24)22-23-18(25)19(10-11-19)13-2-4-14(20)5-3-13/h2-9,21H,10-12H2,1H3,(H,22,24)(H,23,25). The normalized spacial score (nSPS) is 14.2. The topological polar surface area (TPSA) is 79.5 Å². The summed E-state index contributed by atoms with van der Waals surface area (Å²) in [5.41, 5.74) is 6.10. The number of hydrazine groups is 1. The summed E-state index contributed by atoms with van der Waals surface area (Å²) in [5.74, 6) is 0.197. The van der Waals surface area contributed by atoms with Crippen LogP contribution < -0.4 is 20.9 Å². The molecule has 136 valence electrons. The van der Waals surface area contributed by atoms with Gasteiger partial charge in [-0.2, -0.15) is 0 Å². The van der Waals surface area contributed by atoms with Gasteiger partial charge in [-0.1, -0.05) is 23.7 Å². The Hall–Kier alpha value is -2.73. The van der Waals surface area contributed by atoms with E-state index in [1.54, 1.807) is 31.4 Å². The molecule has 6 nitrogen and oxygen atoms in total. The van der Waals surface area contributed by atoms with Crippen molar-refractivity contribution in [2.24, 2.45) is 0 Å². The first-order valence-corrected chi connectivity index (χ1v) is 8.64. The van der Waals surface area contributed by atoms with Crippen LogP contribution in [-0.4, -0.2) is 25.5 Å². The molecule has 3 N–H and O–H groups in total. The zero-order valence-electron chi connectivity index (χ0n) is 14.3. The molecular formula is C19H20ClN3O3. The summed E-state index contributed by atoms with van der Waals surface area (Å²) in [7, 11) is 1.59. The van der Waals surface area contributed by atoms with Crippen molar-refractivity contribution in [1.29, 1.82) is 0 Å². The van der Waals surface area contributed by atoms with Gasteiger partial charge in [0.2, 0.25) is 5.91 Å². The van der Waals surface area contributed by atoms with E-state index in [0.29, 0.717) is 5.02 Å². The third-order valence-electron chi connectivity index (χ3n) is 4.44. The molecule has 1 saturated carbocycles. The first-order chi connectivity index (χ1) is 12.5. The van der Waals surface area contributed by atoms with Gasteiger partial charge in [-0.05, 0) is 54.8 Å². The van der Waals surface area contributed by atoms with E-state index >= 15 is 0 Å². The summed E-state index contributed by atoms with van der Waals surface area (Å²) < 4.78 is 5.08. The molecule has 3 rings (SSSR count). The average Bonchev–Trinajstić information content (AvgIpc) is 3.47. The number of benzene rings is 2. The lowest BCUT2D eigenvalue weighted by Crippen LogP contribution is -2.48. The molecule has 1 aliphatic carbocycles. The number of ether oxygens (including phenoxy) is 1. The van der Waals surface area contributed by atoms with Crippen LogP contribution in [0.25, 0.3) is 0 Å². The molecule has 0 atom stereocenters. The second kappa shape index (κ2) is 7.66. The number of amides is 2. The summed E-state index contributed by atoms with van der Waals surface area (Å²) in [6, 6.07) is 14.4. The summed E-state index contributed by atoms with van der Waals surface area (Å²) >= 11 is 5.90. The number of rotatable bonds is 6. The van der Waals surface area contributed by atoms with Crippen LogP contribution in [0, 0.1) is 0 Å². The molecular weight excluding hydrogens is 354 g/mol. The van der Waals surface area contributed by atoms with Crippen LogP contribution in [0.3, 0.4) is 0 Å². The molecule has 2 aromatic carbocycles. The average molecular weight is 374 g/mol. The third-order valence-corrected chi connectivity index (χ3v) is 4.69. The van der Waals surface area contributed by atoms with Crippen LogP contribution in [0.5, 0.6) is 5.75 Å². The SMILES string of the molecule is COc1ccc(NCC(=O)NNC(=O)C2(c3ccc(Cl)cc3)CC2)cc1. The number of halogens is 1. The Balaban J connectivity index is 1.48. The minimum absolute atomic E-state index is 0.0422. The lowest BCUT2D eigenvalue weighted by atomic mass is 9.95. The number of carbonyl (C=O) groups is 2. The second-order valence-corrected chi connectivity index (χ2v) is 6.61. The number of carbonyl (C=O) groups excluding carboxylic acids is 2. The van der Waals surface area contributed by atoms with Crippen molar-refractivity contribution in [1.82, 2.24) is 10.9 Å². The Morgan fingerprint density at radius 2 is 1.69 bits per heavy atom. The summed E-state index contributed by atoms with van der Waals surface area (Å²) in [6.45, 7) is 0.0422. The van der Waals surface area contributed by atoms with Crippen molar-refractivity contribution in [2.75, 3.05) is 19.0 Å². The highest BCUT2D eigenvalue weighted by Gasteiger charge is 2.51. The van der Waals surface area contributed by atoms with Crippen molar-refractivity contribution < 1.29 is 14.3 Å². The minimum atomic E-state index is -0.568. The van der Waals surface area contributed by atoms with E-state index in [2.05, 4.69) is 16.2 Å². The van der Waals surface area contributed by atoms with Gasteiger partial charge in [0.25, 0.3) is 5.91 Å². The van der Waals surface area contributed by atoms with Crippen LogP contribution in [0.4, 0.5) is 5.69 Å². The van der Waals surface area contributed by atoms with Crippen LogP contribution in [0.2, 0.25) is 5.02 Å². The van der Waals surface area contributed by atoms with Crippen LogP contribution in [0.1, 0.15) is 18.4 Å². The largest absolute Gasteiger partial charge is 0.497 e. The molecule has 0 aliphatic heterocycles. The molecule has 26 heavy (non-hydrogen) atoms. The molecule has 0 saturated heterocycles. The number of anilines is 1. The number of methoxy groups -OCH3 is 1. The lowest BCUT2D eigenvalue weighted by Gasteiger charge is -2.16. The van der Waals surface area contributed by atoms with Crippen LogP contribution >= 0.6 is 11.6 Å². The van der Waals surface area contributed by atoms with E-state index in [4.69, 9.17) is 16.3 Å². The highest BCUT2D eigenvalue weighted by atomic mass is 35.5. The predicted octanol–water partition coefficient (Wildman–Crippen LogP) is 2.64. The van der Waals surface area contributed by atoms with Gasteiger partial charge in [0, 0.05) is 10.7 Å². The van der Waals surface area contributed by atoms with Crippen molar-refractivity contribution in [2.45, 2.75) is 18.3 Å². The van der Waals surface area contributed by atoms with E-state index < -0.39 is 5.41 Å². The van der Waals surface area contributed by atoms with Gasteiger partial charge in [-0.15, -0.1) is 0 Å². The van der Waals surface area contributed by atoms with Crippen molar-refractivity contribution >= 4 is 29.1 Å². The molecule has 0 spiro atoms. The Morgan fingerprint density at radius 3 is 2.27 bits per heavy atom. The zero-order chi connectivity index (χ0) is 18.6. The molecule has 0 aromatic heterocycles. The van der Waals surface area contributed by atoms with E-state index in [9.17, 15) is 9.59 Å². The second-order valence-electron chi connectivity index (χ2n) is 6.17. The molecule has 1 fully saturated rings. The minimum Gasteiger partial charge on any atom is -0.497 e. The summed E-state index contributed by atoms with van der Waals surface area (Å²) in [6.07, 6.45) is 1.50. The lowest BCUT2D eigenvalue weighted by molar-refractivity contribution is -0.129. The maximum Gasteiger partial charge on any atom is 0.257 e. The van der Waals surface area contributed by atoms with E-state index in [1.165, 1.54) is 0 Å². The smallest absolute Gasteiger partial charge is 0.257 e. The van der Waals surface area contributed by atoms with Gasteiger partial charge in [-0.25, -0.2) is 0 Å². The highest BCUT2D eigenvalue weighted by molar-refractivity contribution is 6.30. The number of hydrogen-bond donors (Lipinski definition) is 3. The molecule has 1 aliphatic rings. The molecule has 2 amide bonds. The van der Waals surface area contributed by atoms with E-state index in [-0.39, 0.29) is 18.4 Å². The van der Waals surface area contributed by atoms with Gasteiger partial charge in [0.1, 0.15) is 5.75 Å². The zero-order valence-corrected chi connectivity index (χ0v) is 15.1.